The minimum atomic E-state index is -3.20. The fraction of sp³-hybridized carbons (Fsp3) is 0.750. The highest BCUT2D eigenvalue weighted by Gasteiger charge is 2.37. The lowest BCUT2D eigenvalue weighted by Gasteiger charge is -2.37. The molecule has 1 rings (SSSR count). The zero-order valence-corrected chi connectivity index (χ0v) is 35.2. The Morgan fingerprint density at radius 2 is 0.966 bits per heavy atom. The predicted octanol–water partition coefficient (Wildman–Crippen LogP) is 1.57. The van der Waals surface area contributed by atoms with Crippen molar-refractivity contribution >= 4 is 31.2 Å². The molecule has 1 fully saturated rings. The molecule has 17 nitrogen and oxygen atoms in total. The molecule has 1 saturated carbocycles. The molecule has 0 heterocycles. The molecule has 58 heavy (non-hydrogen) atoms. The first-order valence-corrected chi connectivity index (χ1v) is 21.7. The highest BCUT2D eigenvalue weighted by molar-refractivity contribution is 7.52. The predicted molar refractivity (Wildman–Crippen MR) is 216 cm³/mol. The van der Waals surface area contributed by atoms with Gasteiger partial charge >= 0.3 is 7.60 Å². The molecule has 1 aliphatic rings. The Morgan fingerprint density at radius 3 is 1.31 bits per heavy atom. The van der Waals surface area contributed by atoms with E-state index in [-0.39, 0.29) is 128 Å². The lowest BCUT2D eigenvalue weighted by molar-refractivity contribution is -0.131. The normalized spacial score (nSPS) is 16.2. The summed E-state index contributed by atoms with van der Waals surface area (Å²) >= 11 is 0. The molecule has 1 aliphatic carbocycles. The molecule has 0 radical (unpaired) electrons. The van der Waals surface area contributed by atoms with E-state index >= 15 is 0 Å². The Bertz CT molecular complexity index is 1240. The van der Waals surface area contributed by atoms with Crippen LogP contribution in [0.25, 0.3) is 0 Å². The fourth-order valence-electron chi connectivity index (χ4n) is 5.83. The van der Waals surface area contributed by atoms with Gasteiger partial charge in [-0.05, 0) is 44.9 Å². The van der Waals surface area contributed by atoms with Crippen LogP contribution in [-0.4, -0.2) is 148 Å². The maximum atomic E-state index is 14.0. The molecule has 18 heteroatoms. The van der Waals surface area contributed by atoms with E-state index in [1.54, 1.807) is 0 Å². The van der Waals surface area contributed by atoms with Crippen molar-refractivity contribution < 1.29 is 61.2 Å². The molecule has 4 amide bonds. The highest BCUT2D eigenvalue weighted by atomic mass is 31.2. The summed E-state index contributed by atoms with van der Waals surface area (Å²) in [5, 5.41) is 11.7. The molecule has 0 aromatic heterocycles. The minimum absolute atomic E-state index is 0.00333. The van der Waals surface area contributed by atoms with Gasteiger partial charge in [-0.25, -0.2) is 0 Å². The van der Waals surface area contributed by atoms with E-state index in [9.17, 15) is 23.7 Å². The van der Waals surface area contributed by atoms with Crippen LogP contribution < -0.4 is 21.3 Å². The lowest BCUT2D eigenvalue weighted by atomic mass is 9.81. The van der Waals surface area contributed by atoms with Crippen LogP contribution in [0.1, 0.15) is 64.2 Å². The molecule has 0 aromatic carbocycles. The maximum absolute atomic E-state index is 14.0. The van der Waals surface area contributed by atoms with E-state index in [2.05, 4.69) is 39.0 Å². The number of terminal acetylenes is 3. The van der Waals surface area contributed by atoms with E-state index in [1.165, 1.54) is 13.8 Å². The third kappa shape index (κ3) is 27.2. The Morgan fingerprint density at radius 1 is 0.603 bits per heavy atom. The Balaban J connectivity index is 3.03. The van der Waals surface area contributed by atoms with Crippen molar-refractivity contribution in [2.24, 2.45) is 5.92 Å². The molecular weight excluding hydrogens is 775 g/mol. The molecule has 1 atom stereocenters. The molecule has 0 aromatic rings. The summed E-state index contributed by atoms with van der Waals surface area (Å²) < 4.78 is 55.0. The van der Waals surface area contributed by atoms with Crippen molar-refractivity contribution in [2.75, 3.05) is 113 Å². The van der Waals surface area contributed by atoms with Crippen molar-refractivity contribution in [3.05, 3.63) is 0 Å². The van der Waals surface area contributed by atoms with Crippen molar-refractivity contribution in [1.82, 2.24) is 21.3 Å². The lowest BCUT2D eigenvalue weighted by Crippen LogP contribution is -2.52. The van der Waals surface area contributed by atoms with Crippen LogP contribution in [0, 0.1) is 42.9 Å². The number of hydrogen-bond acceptors (Lipinski definition) is 13. The Kier molecular flexibility index (Phi) is 30.2. The van der Waals surface area contributed by atoms with Crippen LogP contribution in [0.3, 0.4) is 0 Å². The number of carbonyl (C=O) groups excluding carboxylic acids is 4. The SMILES string of the molecule is C#CCOCCOCCNC(=O)CCC(CCC(=O)NCCOCCOCC#C)(CCC(=O)NCCOCCOCC#C)NC(=O)C1CCC(OP(C)(=O)OC)CC1. The average Bonchev–Trinajstić information content (AvgIpc) is 3.21. The minimum Gasteiger partial charge on any atom is -0.377 e. The molecule has 0 bridgehead atoms. The molecule has 4 N–H and O–H groups in total. The maximum Gasteiger partial charge on any atom is 0.327 e. The van der Waals surface area contributed by atoms with Gasteiger partial charge in [-0.3, -0.25) is 23.7 Å². The van der Waals surface area contributed by atoms with Crippen LogP contribution in [-0.2, 0) is 61.2 Å². The van der Waals surface area contributed by atoms with Crippen molar-refractivity contribution in [1.29, 1.82) is 0 Å². The first kappa shape index (κ1) is 52.5. The topological polar surface area (TPSA) is 207 Å². The van der Waals surface area contributed by atoms with Gasteiger partial charge in [0.2, 0.25) is 23.6 Å². The summed E-state index contributed by atoms with van der Waals surface area (Å²) in [5.74, 6) is 5.60. The molecule has 1 unspecified atom stereocenters. The van der Waals surface area contributed by atoms with E-state index < -0.39 is 19.1 Å². The first-order chi connectivity index (χ1) is 28.0. The van der Waals surface area contributed by atoms with E-state index in [0.29, 0.717) is 65.3 Å². The average molecular weight is 841 g/mol. The summed E-state index contributed by atoms with van der Waals surface area (Å²) in [6.45, 7) is 5.37. The second kappa shape index (κ2) is 33.3. The number of ether oxygens (including phenoxy) is 6. The second-order valence-corrected chi connectivity index (χ2v) is 15.6. The number of rotatable bonds is 35. The number of nitrogens with one attached hydrogen (secondary N) is 4. The van der Waals surface area contributed by atoms with Crippen LogP contribution in [0.2, 0.25) is 0 Å². The van der Waals surface area contributed by atoms with Crippen LogP contribution in [0.5, 0.6) is 0 Å². The molecule has 328 valence electrons. The van der Waals surface area contributed by atoms with E-state index in [4.69, 9.17) is 56.7 Å². The highest BCUT2D eigenvalue weighted by Crippen LogP contribution is 2.46. The molecule has 0 aliphatic heterocycles. The zero-order chi connectivity index (χ0) is 42.7. The smallest absolute Gasteiger partial charge is 0.327 e. The summed E-state index contributed by atoms with van der Waals surface area (Å²) in [5.41, 5.74) is -1.10. The zero-order valence-electron chi connectivity index (χ0n) is 34.3. The molecule has 0 spiro atoms. The van der Waals surface area contributed by atoms with Gasteiger partial charge in [-0.2, -0.15) is 0 Å². The number of hydrogen-bond donors (Lipinski definition) is 4. The van der Waals surface area contributed by atoms with E-state index in [1.807, 2.05) is 0 Å². The quantitative estimate of drug-likeness (QED) is 0.0407. The van der Waals surface area contributed by atoms with Gasteiger partial charge in [-0.1, -0.05) is 17.8 Å². The summed E-state index contributed by atoms with van der Waals surface area (Å²) in [6.07, 6.45) is 17.6. The second-order valence-electron chi connectivity index (χ2n) is 13.5. The number of amides is 4. The van der Waals surface area contributed by atoms with Crippen molar-refractivity contribution in [3.63, 3.8) is 0 Å². The Labute approximate surface area is 344 Å². The standard InChI is InChI=1S/C40H65N4O13P/c1-6-22-51-28-31-54-25-19-41-36(45)13-16-40(17-14-37(46)42-20-26-55-32-29-52-23-7-2,18-15-38(47)43-21-27-56-33-30-53-24-8-3)44-39(48)34-9-11-35(12-10-34)57-58(5,49)50-4/h1-3,34-35H,9-33H2,4-5H3,(H,41,45)(H,42,46)(H,43,47)(H,44,48). The van der Waals surface area contributed by atoms with Gasteiger partial charge in [0.25, 0.3) is 0 Å². The van der Waals surface area contributed by atoms with Gasteiger partial charge in [0, 0.05) is 64.1 Å². The van der Waals surface area contributed by atoms with Gasteiger partial charge in [0.05, 0.1) is 65.6 Å². The summed E-state index contributed by atoms with van der Waals surface area (Å²) in [7, 11) is -1.88. The fourth-order valence-corrected chi connectivity index (χ4v) is 6.67. The first-order valence-electron chi connectivity index (χ1n) is 19.7. The van der Waals surface area contributed by atoms with Gasteiger partial charge in [-0.15, -0.1) is 19.3 Å². The Hall–Kier alpha value is -3.53. The van der Waals surface area contributed by atoms with Gasteiger partial charge < -0.3 is 58.7 Å². The summed E-state index contributed by atoms with van der Waals surface area (Å²) in [6, 6.07) is 0. The van der Waals surface area contributed by atoms with Crippen molar-refractivity contribution in [2.45, 2.75) is 75.9 Å². The third-order valence-electron chi connectivity index (χ3n) is 8.98. The van der Waals surface area contributed by atoms with Crippen LogP contribution in [0.15, 0.2) is 0 Å². The largest absolute Gasteiger partial charge is 0.377 e. The molecular formula is C40H65N4O13P. The third-order valence-corrected chi connectivity index (χ3v) is 10.3. The number of carbonyl (C=O) groups is 4. The van der Waals surface area contributed by atoms with Gasteiger partial charge in [0.15, 0.2) is 0 Å². The van der Waals surface area contributed by atoms with Gasteiger partial charge in [0.1, 0.15) is 19.8 Å². The van der Waals surface area contributed by atoms with Crippen LogP contribution >= 0.6 is 7.60 Å². The van der Waals surface area contributed by atoms with E-state index in [0.717, 1.165) is 0 Å². The summed E-state index contributed by atoms with van der Waals surface area (Å²) in [4.78, 5) is 53.2. The monoisotopic (exact) mass is 840 g/mol. The molecule has 0 saturated heterocycles. The van der Waals surface area contributed by atoms with Crippen LogP contribution in [0.4, 0.5) is 0 Å². The van der Waals surface area contributed by atoms with Crippen molar-refractivity contribution in [3.8, 4) is 37.0 Å².